The predicted molar refractivity (Wildman–Crippen MR) is 92.6 cm³/mol. The van der Waals surface area contributed by atoms with Crippen molar-refractivity contribution in [2.45, 2.75) is 33.6 Å². The Labute approximate surface area is 144 Å². The van der Waals surface area contributed by atoms with Crippen molar-refractivity contribution >= 4 is 17.7 Å². The average Bonchev–Trinajstić information content (AvgIpc) is 2.58. The van der Waals surface area contributed by atoms with Gasteiger partial charge < -0.3 is 9.64 Å². The molecule has 1 unspecified atom stereocenters. The number of ketones is 1. The van der Waals surface area contributed by atoms with Crippen LogP contribution in [0, 0.1) is 11.8 Å². The molecule has 0 heterocycles. The molecule has 5 nitrogen and oxygen atoms in total. The maximum atomic E-state index is 12.5. The number of benzene rings is 1. The first-order chi connectivity index (χ1) is 11.3. The Balaban J connectivity index is 2.64. The molecule has 0 radical (unpaired) electrons. The van der Waals surface area contributed by atoms with Crippen LogP contribution >= 0.6 is 0 Å². The summed E-state index contributed by atoms with van der Waals surface area (Å²) < 4.78 is 4.72. The van der Waals surface area contributed by atoms with E-state index in [0.29, 0.717) is 18.7 Å². The Hall–Kier alpha value is -2.17. The van der Waals surface area contributed by atoms with Gasteiger partial charge in [-0.25, -0.2) is 0 Å². The highest BCUT2D eigenvalue weighted by Gasteiger charge is 2.22. The zero-order valence-corrected chi connectivity index (χ0v) is 15.0. The van der Waals surface area contributed by atoms with Gasteiger partial charge in [0.2, 0.25) is 5.91 Å². The van der Waals surface area contributed by atoms with Gasteiger partial charge in [-0.15, -0.1) is 0 Å². The van der Waals surface area contributed by atoms with Crippen LogP contribution in [0.5, 0.6) is 0 Å². The predicted octanol–water partition coefficient (Wildman–Crippen LogP) is 2.94. The quantitative estimate of drug-likeness (QED) is 0.515. The van der Waals surface area contributed by atoms with Crippen LogP contribution in [-0.4, -0.2) is 42.8 Å². The lowest BCUT2D eigenvalue weighted by Gasteiger charge is -2.26. The molecule has 1 aromatic rings. The number of hydrogen-bond acceptors (Lipinski definition) is 4. The van der Waals surface area contributed by atoms with Crippen molar-refractivity contribution in [2.75, 3.05) is 20.2 Å². The van der Waals surface area contributed by atoms with E-state index >= 15 is 0 Å². The molecule has 132 valence electrons. The smallest absolute Gasteiger partial charge is 0.310 e. The number of carbonyl (C=O) groups is 3. The summed E-state index contributed by atoms with van der Waals surface area (Å²) in [7, 11) is 1.34. The minimum absolute atomic E-state index is 0.0468. The van der Waals surface area contributed by atoms with Gasteiger partial charge in [0.15, 0.2) is 5.78 Å². The van der Waals surface area contributed by atoms with E-state index in [-0.39, 0.29) is 42.3 Å². The Morgan fingerprint density at radius 3 is 2.17 bits per heavy atom. The minimum atomic E-state index is -0.387. The van der Waals surface area contributed by atoms with E-state index < -0.39 is 0 Å². The Morgan fingerprint density at radius 1 is 1.00 bits per heavy atom. The molecule has 0 aliphatic rings. The van der Waals surface area contributed by atoms with Crippen molar-refractivity contribution < 1.29 is 19.1 Å². The van der Waals surface area contributed by atoms with Gasteiger partial charge in [0.1, 0.15) is 0 Å². The van der Waals surface area contributed by atoms with E-state index in [0.717, 1.165) is 0 Å². The first-order valence-electron chi connectivity index (χ1n) is 8.29. The molecule has 0 saturated heterocycles. The van der Waals surface area contributed by atoms with Crippen molar-refractivity contribution in [2.24, 2.45) is 11.8 Å². The van der Waals surface area contributed by atoms with E-state index in [1.54, 1.807) is 36.1 Å². The molecule has 0 aromatic heterocycles. The number of rotatable bonds is 9. The van der Waals surface area contributed by atoms with Crippen molar-refractivity contribution in [3.8, 4) is 0 Å². The van der Waals surface area contributed by atoms with E-state index in [1.807, 2.05) is 19.9 Å². The zero-order valence-electron chi connectivity index (χ0n) is 15.0. The second-order valence-electron chi connectivity index (χ2n) is 6.41. The standard InChI is InChI=1S/C19H27NO4/c1-14(2)12-20(13-15(3)19(23)24-4)18(22)11-10-17(21)16-8-6-5-7-9-16/h5-9,14-15H,10-13H2,1-4H3. The van der Waals surface area contributed by atoms with Crippen LogP contribution in [0.4, 0.5) is 0 Å². The molecule has 0 aliphatic heterocycles. The monoisotopic (exact) mass is 333 g/mol. The molecule has 0 fully saturated rings. The largest absolute Gasteiger partial charge is 0.469 e. The van der Waals surface area contributed by atoms with Crippen LogP contribution in [0.15, 0.2) is 30.3 Å². The number of ether oxygens (including phenoxy) is 1. The lowest BCUT2D eigenvalue weighted by Crippen LogP contribution is -2.39. The highest BCUT2D eigenvalue weighted by atomic mass is 16.5. The average molecular weight is 333 g/mol. The summed E-state index contributed by atoms with van der Waals surface area (Å²) >= 11 is 0. The van der Waals surface area contributed by atoms with E-state index in [2.05, 4.69) is 0 Å². The summed E-state index contributed by atoms with van der Waals surface area (Å²) in [6, 6.07) is 8.95. The van der Waals surface area contributed by atoms with Crippen LogP contribution in [-0.2, 0) is 14.3 Å². The molecule has 0 bridgehead atoms. The van der Waals surface area contributed by atoms with Gasteiger partial charge in [0.25, 0.3) is 0 Å². The van der Waals surface area contributed by atoms with E-state index in [1.165, 1.54) is 7.11 Å². The van der Waals surface area contributed by atoms with E-state index in [4.69, 9.17) is 4.74 Å². The van der Waals surface area contributed by atoms with Gasteiger partial charge in [-0.1, -0.05) is 51.1 Å². The summed E-state index contributed by atoms with van der Waals surface area (Å²) in [5, 5.41) is 0. The molecule has 0 N–H and O–H groups in total. The van der Waals surface area contributed by atoms with Gasteiger partial charge in [-0.05, 0) is 5.92 Å². The maximum absolute atomic E-state index is 12.5. The number of methoxy groups -OCH3 is 1. The van der Waals surface area contributed by atoms with Crippen LogP contribution in [0.1, 0.15) is 44.0 Å². The molecular weight excluding hydrogens is 306 g/mol. The van der Waals surface area contributed by atoms with Crippen LogP contribution in [0.25, 0.3) is 0 Å². The molecule has 1 aromatic carbocycles. The summed E-state index contributed by atoms with van der Waals surface area (Å²) in [5.74, 6) is -0.596. The maximum Gasteiger partial charge on any atom is 0.310 e. The van der Waals surface area contributed by atoms with Crippen molar-refractivity contribution in [3.05, 3.63) is 35.9 Å². The van der Waals surface area contributed by atoms with Crippen molar-refractivity contribution in [1.82, 2.24) is 4.90 Å². The molecule has 1 amide bonds. The first-order valence-corrected chi connectivity index (χ1v) is 8.29. The fourth-order valence-electron chi connectivity index (χ4n) is 2.47. The molecule has 0 saturated carbocycles. The van der Waals surface area contributed by atoms with Crippen molar-refractivity contribution in [3.63, 3.8) is 0 Å². The second kappa shape index (κ2) is 9.85. The number of carbonyl (C=O) groups excluding carboxylic acids is 3. The van der Waals surface area contributed by atoms with Crippen LogP contribution < -0.4 is 0 Å². The fraction of sp³-hybridized carbons (Fsp3) is 0.526. The van der Waals surface area contributed by atoms with E-state index in [9.17, 15) is 14.4 Å². The third-order valence-corrected chi connectivity index (χ3v) is 3.70. The van der Waals surface area contributed by atoms with Crippen molar-refractivity contribution in [1.29, 1.82) is 0 Å². The molecule has 0 aliphatic carbocycles. The van der Waals surface area contributed by atoms with Gasteiger partial charge in [-0.3, -0.25) is 14.4 Å². The number of Topliss-reactive ketones (excluding diaryl/α,β-unsaturated/α-hetero) is 1. The van der Waals surface area contributed by atoms with Crippen LogP contribution in [0.2, 0.25) is 0 Å². The summed E-state index contributed by atoms with van der Waals surface area (Å²) in [5.41, 5.74) is 0.614. The minimum Gasteiger partial charge on any atom is -0.469 e. The summed E-state index contributed by atoms with van der Waals surface area (Å²) in [4.78, 5) is 37.9. The number of nitrogens with zero attached hydrogens (tertiary/aromatic N) is 1. The zero-order chi connectivity index (χ0) is 18.1. The second-order valence-corrected chi connectivity index (χ2v) is 6.41. The Kier molecular flexibility index (Phi) is 8.16. The first kappa shape index (κ1) is 19.9. The highest BCUT2D eigenvalue weighted by molar-refractivity contribution is 5.97. The molecule has 24 heavy (non-hydrogen) atoms. The van der Waals surface area contributed by atoms with Gasteiger partial charge in [-0.2, -0.15) is 0 Å². The lowest BCUT2D eigenvalue weighted by molar-refractivity contribution is -0.146. The Morgan fingerprint density at radius 2 is 1.62 bits per heavy atom. The molecule has 1 rings (SSSR count). The third-order valence-electron chi connectivity index (χ3n) is 3.70. The molecule has 5 heteroatoms. The fourth-order valence-corrected chi connectivity index (χ4v) is 2.47. The highest BCUT2D eigenvalue weighted by Crippen LogP contribution is 2.11. The Bertz CT molecular complexity index is 554. The van der Waals surface area contributed by atoms with Gasteiger partial charge >= 0.3 is 5.97 Å². The molecule has 1 atom stereocenters. The van der Waals surface area contributed by atoms with Crippen LogP contribution in [0.3, 0.4) is 0 Å². The SMILES string of the molecule is COC(=O)C(C)CN(CC(C)C)C(=O)CCC(=O)c1ccccc1. The lowest BCUT2D eigenvalue weighted by atomic mass is 10.1. The summed E-state index contributed by atoms with van der Waals surface area (Å²) in [6.45, 7) is 6.63. The summed E-state index contributed by atoms with van der Waals surface area (Å²) in [6.07, 6.45) is 0.318. The normalized spacial score (nSPS) is 11.9. The van der Waals surface area contributed by atoms with Gasteiger partial charge in [0.05, 0.1) is 13.0 Å². The topological polar surface area (TPSA) is 63.7 Å². The number of amides is 1. The number of hydrogen-bond donors (Lipinski definition) is 0. The molecule has 0 spiro atoms. The van der Waals surface area contributed by atoms with Gasteiger partial charge in [0, 0.05) is 31.5 Å². The number of esters is 1. The molecular formula is C19H27NO4. The third kappa shape index (κ3) is 6.52.